The Kier molecular flexibility index (Phi) is 8.24. The number of halogens is 3. The number of carbonyl (C=O) groups is 1. The van der Waals surface area contributed by atoms with Crippen LogP contribution in [0.2, 0.25) is 0 Å². The number of thioether (sulfide) groups is 1. The Morgan fingerprint density at radius 3 is 2.40 bits per heavy atom. The summed E-state index contributed by atoms with van der Waals surface area (Å²) in [6, 6.07) is 21.5. The normalized spacial score (nSPS) is 18.5. The van der Waals surface area contributed by atoms with Gasteiger partial charge in [-0.05, 0) is 71.7 Å². The van der Waals surface area contributed by atoms with Gasteiger partial charge in [0.15, 0.2) is 5.78 Å². The zero-order valence-electron chi connectivity index (χ0n) is 24.7. The Morgan fingerprint density at radius 1 is 1.00 bits per heavy atom. The van der Waals surface area contributed by atoms with E-state index in [0.29, 0.717) is 17.7 Å². The summed E-state index contributed by atoms with van der Waals surface area (Å²) in [5, 5.41) is 10.5. The molecule has 2 aliphatic rings. The molecule has 43 heavy (non-hydrogen) atoms. The van der Waals surface area contributed by atoms with E-state index in [4.69, 9.17) is 5.73 Å². The lowest BCUT2D eigenvalue weighted by Crippen LogP contribution is -2.42. The highest BCUT2D eigenvalue weighted by molar-refractivity contribution is 7.97. The fourth-order valence-electron chi connectivity index (χ4n) is 6.17. The third-order valence-corrected chi connectivity index (χ3v) is 9.27. The number of allylic oxidation sites excluding steroid dienone is 3. The number of alkyl halides is 3. The van der Waals surface area contributed by atoms with E-state index in [0.717, 1.165) is 45.9 Å². The van der Waals surface area contributed by atoms with E-state index in [9.17, 15) is 23.2 Å². The zero-order chi connectivity index (χ0) is 31.1. The first-order valence-electron chi connectivity index (χ1n) is 14.2. The summed E-state index contributed by atoms with van der Waals surface area (Å²) in [4.78, 5) is 15.4. The van der Waals surface area contributed by atoms with Crippen LogP contribution in [0.3, 0.4) is 0 Å². The zero-order valence-corrected chi connectivity index (χ0v) is 25.5. The van der Waals surface area contributed by atoms with Gasteiger partial charge in [-0.2, -0.15) is 30.2 Å². The predicted molar refractivity (Wildman–Crippen MR) is 166 cm³/mol. The van der Waals surface area contributed by atoms with Crippen molar-refractivity contribution >= 4 is 23.2 Å². The summed E-state index contributed by atoms with van der Waals surface area (Å²) in [7, 11) is 0. The Morgan fingerprint density at radius 2 is 1.72 bits per heavy atom. The molecular formula is C35H34F3N3OS. The molecule has 1 heterocycles. The van der Waals surface area contributed by atoms with Crippen LogP contribution in [0.1, 0.15) is 66.0 Å². The van der Waals surface area contributed by atoms with E-state index in [2.05, 4.69) is 37.3 Å². The molecule has 0 saturated heterocycles. The van der Waals surface area contributed by atoms with Gasteiger partial charge in [-0.15, -0.1) is 0 Å². The number of nitrogens with zero attached hydrogens (tertiary/aromatic N) is 2. The van der Waals surface area contributed by atoms with E-state index >= 15 is 0 Å². The number of nitriles is 1. The van der Waals surface area contributed by atoms with Gasteiger partial charge in [-0.3, -0.25) is 9.69 Å². The highest BCUT2D eigenvalue weighted by atomic mass is 32.2. The molecule has 5 rings (SSSR count). The highest BCUT2D eigenvalue weighted by Gasteiger charge is 2.45. The molecule has 222 valence electrons. The molecule has 0 spiro atoms. The lowest BCUT2D eigenvalue weighted by atomic mass is 9.68. The lowest BCUT2D eigenvalue weighted by Gasteiger charge is -2.44. The highest BCUT2D eigenvalue weighted by Crippen LogP contribution is 2.51. The third-order valence-electron chi connectivity index (χ3n) is 8.22. The first-order chi connectivity index (χ1) is 20.3. The van der Waals surface area contributed by atoms with Crippen LogP contribution >= 0.6 is 11.8 Å². The second kappa shape index (κ2) is 11.6. The summed E-state index contributed by atoms with van der Waals surface area (Å²) < 4.78 is 41.1. The van der Waals surface area contributed by atoms with Gasteiger partial charge in [0.05, 0.1) is 23.1 Å². The smallest absolute Gasteiger partial charge is 0.384 e. The molecule has 3 aromatic rings. The Hall–Kier alpha value is -3.96. The second-order valence-electron chi connectivity index (χ2n) is 12.1. The molecule has 1 unspecified atom stereocenters. The van der Waals surface area contributed by atoms with Crippen molar-refractivity contribution < 1.29 is 18.0 Å². The van der Waals surface area contributed by atoms with Gasteiger partial charge in [0.25, 0.3) is 0 Å². The molecule has 3 aromatic carbocycles. The quantitative estimate of drug-likeness (QED) is 0.306. The van der Waals surface area contributed by atoms with Crippen molar-refractivity contribution in [3.8, 4) is 6.07 Å². The SMILES string of the molecule is Cc1cc(C)c(C2C(C#N)=C(N)N(c3cccc(C(F)(F)F)c3)C3=C2C(=O)CC(C)(C)C3)cc1CSCc1ccccc1. The minimum absolute atomic E-state index is 0.0519. The number of hydrogen-bond donors (Lipinski definition) is 1. The maximum Gasteiger partial charge on any atom is 0.416 e. The fourth-order valence-corrected chi connectivity index (χ4v) is 7.23. The Balaban J connectivity index is 1.64. The van der Waals surface area contributed by atoms with Crippen LogP contribution in [-0.4, -0.2) is 5.78 Å². The third kappa shape index (κ3) is 6.09. The summed E-state index contributed by atoms with van der Waals surface area (Å²) in [6.45, 7) is 7.95. The number of ketones is 1. The first-order valence-corrected chi connectivity index (χ1v) is 15.3. The number of hydrogen-bond acceptors (Lipinski definition) is 5. The molecule has 8 heteroatoms. The molecule has 0 aromatic heterocycles. The molecule has 2 N–H and O–H groups in total. The van der Waals surface area contributed by atoms with Crippen LogP contribution < -0.4 is 10.6 Å². The van der Waals surface area contributed by atoms with Crippen molar-refractivity contribution in [2.45, 2.75) is 64.1 Å². The van der Waals surface area contributed by atoms with Crippen LogP contribution in [0.15, 0.2) is 89.4 Å². The number of anilines is 1. The minimum atomic E-state index is -4.56. The number of rotatable bonds is 6. The van der Waals surface area contributed by atoms with E-state index < -0.39 is 23.1 Å². The van der Waals surface area contributed by atoms with Crippen LogP contribution in [0.5, 0.6) is 0 Å². The van der Waals surface area contributed by atoms with Crippen molar-refractivity contribution in [2.75, 3.05) is 4.90 Å². The molecule has 0 radical (unpaired) electrons. The molecule has 0 saturated carbocycles. The topological polar surface area (TPSA) is 70.1 Å². The fraction of sp³-hybridized carbons (Fsp3) is 0.314. The van der Waals surface area contributed by atoms with Crippen LogP contribution in [-0.2, 0) is 22.5 Å². The largest absolute Gasteiger partial charge is 0.416 e. The second-order valence-corrected chi connectivity index (χ2v) is 13.1. The lowest BCUT2D eigenvalue weighted by molar-refractivity contribution is -0.137. The number of Topliss-reactive ketones (excluding diaryl/α,β-unsaturated/α-hetero) is 1. The molecule has 4 nitrogen and oxygen atoms in total. The Bertz CT molecular complexity index is 1680. The molecule has 1 atom stereocenters. The summed E-state index contributed by atoms with van der Waals surface area (Å²) >= 11 is 1.79. The van der Waals surface area contributed by atoms with Crippen LogP contribution in [0, 0.1) is 30.6 Å². The number of nitrogens with two attached hydrogens (primary N) is 1. The van der Waals surface area contributed by atoms with Crippen molar-refractivity contribution in [2.24, 2.45) is 11.1 Å². The standard InChI is InChI=1S/C35H34F3N3OS/c1-21-13-22(2)27(14-24(21)20-43-19-23-9-6-5-7-10-23)31-28(18-39)33(40)41(26-12-8-11-25(15-26)35(36,37)38)29-16-34(3,4)17-30(42)32(29)31/h5-15,31H,16-17,19-20,40H2,1-4H3. The summed E-state index contributed by atoms with van der Waals surface area (Å²) in [6.07, 6.45) is -3.87. The first kappa shape index (κ1) is 30.5. The molecule has 0 amide bonds. The predicted octanol–water partition coefficient (Wildman–Crippen LogP) is 8.70. The van der Waals surface area contributed by atoms with Gasteiger partial charge in [0.1, 0.15) is 5.82 Å². The van der Waals surface area contributed by atoms with Gasteiger partial charge in [0, 0.05) is 34.9 Å². The van der Waals surface area contributed by atoms with E-state index in [1.807, 2.05) is 39.0 Å². The average Bonchev–Trinajstić information content (AvgIpc) is 2.93. The van der Waals surface area contributed by atoms with Gasteiger partial charge < -0.3 is 5.73 Å². The van der Waals surface area contributed by atoms with Crippen molar-refractivity contribution in [3.05, 3.63) is 123 Å². The summed E-state index contributed by atoms with van der Waals surface area (Å²) in [5.74, 6) is 0.817. The van der Waals surface area contributed by atoms with E-state index in [1.165, 1.54) is 22.6 Å². The average molecular weight is 602 g/mol. The van der Waals surface area contributed by atoms with Gasteiger partial charge in [-0.25, -0.2) is 0 Å². The number of benzene rings is 3. The van der Waals surface area contributed by atoms with Crippen LogP contribution in [0.25, 0.3) is 0 Å². The summed E-state index contributed by atoms with van der Waals surface area (Å²) in [5.41, 5.74) is 12.0. The maximum atomic E-state index is 13.9. The molecular weight excluding hydrogens is 567 g/mol. The van der Waals surface area contributed by atoms with Gasteiger partial charge in [-0.1, -0.05) is 62.4 Å². The molecule has 1 aliphatic carbocycles. The Labute approximate surface area is 255 Å². The minimum Gasteiger partial charge on any atom is -0.384 e. The molecule has 0 fully saturated rings. The van der Waals surface area contributed by atoms with E-state index in [1.54, 1.807) is 11.8 Å². The van der Waals surface area contributed by atoms with Crippen molar-refractivity contribution in [3.63, 3.8) is 0 Å². The van der Waals surface area contributed by atoms with Gasteiger partial charge >= 0.3 is 6.18 Å². The maximum absolute atomic E-state index is 13.9. The van der Waals surface area contributed by atoms with Crippen LogP contribution in [0.4, 0.5) is 18.9 Å². The van der Waals surface area contributed by atoms with Gasteiger partial charge in [0.2, 0.25) is 0 Å². The monoisotopic (exact) mass is 601 g/mol. The van der Waals surface area contributed by atoms with E-state index in [-0.39, 0.29) is 29.3 Å². The van der Waals surface area contributed by atoms with Crippen molar-refractivity contribution in [1.29, 1.82) is 5.26 Å². The molecule has 0 bridgehead atoms. The number of carbonyl (C=O) groups excluding carboxylic acids is 1. The molecule has 1 aliphatic heterocycles. The number of aryl methyl sites for hydroxylation is 2. The van der Waals surface area contributed by atoms with Crippen molar-refractivity contribution in [1.82, 2.24) is 0 Å².